The number of thiazole rings is 1. The molecule has 128 valence electrons. The highest BCUT2D eigenvalue weighted by molar-refractivity contribution is 7.15. The van der Waals surface area contributed by atoms with Crippen LogP contribution in [0.5, 0.6) is 5.75 Å². The van der Waals surface area contributed by atoms with Crippen LogP contribution in [-0.2, 0) is 11.3 Å². The molecule has 0 N–H and O–H groups in total. The molecule has 7 heteroatoms. The van der Waals surface area contributed by atoms with Gasteiger partial charge in [-0.05, 0) is 31.2 Å². The number of nitrogens with zero attached hydrogens (tertiary/aromatic N) is 1. The number of benzene rings is 1. The maximum absolute atomic E-state index is 12.1. The average Bonchev–Trinajstić information content (AvgIpc) is 3.29. The van der Waals surface area contributed by atoms with Crippen molar-refractivity contribution in [3.63, 3.8) is 0 Å². The van der Waals surface area contributed by atoms with Crippen LogP contribution < -0.4 is 4.74 Å². The SMILES string of the molecule is COc1ccccc1-c1nc(COC(=O)c2ccc(C(C)=O)s2)cs1. The molecule has 5 nitrogen and oxygen atoms in total. The molecule has 0 aliphatic heterocycles. The van der Waals surface area contributed by atoms with Crippen molar-refractivity contribution in [3.8, 4) is 16.3 Å². The van der Waals surface area contributed by atoms with Crippen molar-refractivity contribution in [1.82, 2.24) is 4.98 Å². The molecule has 3 rings (SSSR count). The van der Waals surface area contributed by atoms with E-state index in [0.717, 1.165) is 27.7 Å². The van der Waals surface area contributed by atoms with Crippen LogP contribution >= 0.6 is 22.7 Å². The van der Waals surface area contributed by atoms with Crippen molar-refractivity contribution >= 4 is 34.4 Å². The molecule has 3 aromatic rings. The molecule has 0 saturated carbocycles. The fraction of sp³-hybridized carbons (Fsp3) is 0.167. The van der Waals surface area contributed by atoms with E-state index >= 15 is 0 Å². The Morgan fingerprint density at radius 3 is 2.60 bits per heavy atom. The van der Waals surface area contributed by atoms with Crippen molar-refractivity contribution < 1.29 is 19.1 Å². The second-order valence-electron chi connectivity index (χ2n) is 5.14. The number of ether oxygens (including phenoxy) is 2. The van der Waals surface area contributed by atoms with Crippen LogP contribution in [0.2, 0.25) is 0 Å². The number of carbonyl (C=O) groups excluding carboxylic acids is 2. The second-order valence-corrected chi connectivity index (χ2v) is 7.08. The zero-order valence-electron chi connectivity index (χ0n) is 13.6. The van der Waals surface area contributed by atoms with Gasteiger partial charge < -0.3 is 9.47 Å². The van der Waals surface area contributed by atoms with Gasteiger partial charge in [0, 0.05) is 5.38 Å². The van der Waals surface area contributed by atoms with E-state index in [-0.39, 0.29) is 12.4 Å². The van der Waals surface area contributed by atoms with Crippen molar-refractivity contribution in [1.29, 1.82) is 0 Å². The summed E-state index contributed by atoms with van der Waals surface area (Å²) in [4.78, 5) is 28.8. The number of para-hydroxylation sites is 1. The number of Topliss-reactive ketones (excluding diaryl/α,β-unsaturated/α-hetero) is 1. The number of methoxy groups -OCH3 is 1. The number of esters is 1. The van der Waals surface area contributed by atoms with Gasteiger partial charge in [0.05, 0.1) is 23.2 Å². The summed E-state index contributed by atoms with van der Waals surface area (Å²) < 4.78 is 10.6. The van der Waals surface area contributed by atoms with Gasteiger partial charge in [-0.3, -0.25) is 4.79 Å². The minimum absolute atomic E-state index is 0.0648. The number of aromatic nitrogens is 1. The van der Waals surface area contributed by atoms with Gasteiger partial charge in [0.2, 0.25) is 0 Å². The highest BCUT2D eigenvalue weighted by Crippen LogP contribution is 2.32. The fourth-order valence-electron chi connectivity index (χ4n) is 2.17. The Morgan fingerprint density at radius 1 is 1.12 bits per heavy atom. The predicted molar refractivity (Wildman–Crippen MR) is 97.5 cm³/mol. The number of carbonyl (C=O) groups is 2. The van der Waals surface area contributed by atoms with Gasteiger partial charge in [0.25, 0.3) is 0 Å². The highest BCUT2D eigenvalue weighted by Gasteiger charge is 2.14. The van der Waals surface area contributed by atoms with Crippen LogP contribution in [0.25, 0.3) is 10.6 Å². The zero-order valence-corrected chi connectivity index (χ0v) is 15.3. The topological polar surface area (TPSA) is 65.5 Å². The number of hydrogen-bond donors (Lipinski definition) is 0. The van der Waals surface area contributed by atoms with Crippen LogP contribution in [0.4, 0.5) is 0 Å². The highest BCUT2D eigenvalue weighted by atomic mass is 32.1. The molecule has 0 unspecified atom stereocenters. The van der Waals surface area contributed by atoms with Crippen LogP contribution in [0.15, 0.2) is 41.8 Å². The van der Waals surface area contributed by atoms with Crippen molar-refractivity contribution in [2.24, 2.45) is 0 Å². The maximum Gasteiger partial charge on any atom is 0.348 e. The lowest BCUT2D eigenvalue weighted by molar-refractivity contribution is 0.0474. The largest absolute Gasteiger partial charge is 0.496 e. The molecule has 0 radical (unpaired) electrons. The molecule has 0 amide bonds. The molecule has 0 atom stereocenters. The molecule has 0 bridgehead atoms. The summed E-state index contributed by atoms with van der Waals surface area (Å²) in [6.45, 7) is 1.55. The Hall–Kier alpha value is -2.51. The van der Waals surface area contributed by atoms with E-state index in [1.165, 1.54) is 18.3 Å². The summed E-state index contributed by atoms with van der Waals surface area (Å²) in [5, 5.41) is 2.66. The lowest BCUT2D eigenvalue weighted by atomic mass is 10.2. The summed E-state index contributed by atoms with van der Waals surface area (Å²) in [6.07, 6.45) is 0. The van der Waals surface area contributed by atoms with E-state index in [4.69, 9.17) is 9.47 Å². The molecule has 2 heterocycles. The number of rotatable bonds is 6. The van der Waals surface area contributed by atoms with Crippen molar-refractivity contribution in [2.45, 2.75) is 13.5 Å². The monoisotopic (exact) mass is 373 g/mol. The first-order chi connectivity index (χ1) is 12.1. The standard InChI is InChI=1S/C18H15NO4S2/c1-11(20)15-7-8-16(25-15)18(21)23-9-12-10-24-17(19-12)13-5-3-4-6-14(13)22-2/h3-8,10H,9H2,1-2H3. The molecule has 1 aromatic carbocycles. The summed E-state index contributed by atoms with van der Waals surface area (Å²) in [6, 6.07) is 10.9. The Bertz CT molecular complexity index is 913. The summed E-state index contributed by atoms with van der Waals surface area (Å²) >= 11 is 2.60. The molecule has 0 aliphatic rings. The van der Waals surface area contributed by atoms with Gasteiger partial charge in [-0.1, -0.05) is 12.1 Å². The van der Waals surface area contributed by atoms with E-state index in [1.54, 1.807) is 19.2 Å². The lowest BCUT2D eigenvalue weighted by Crippen LogP contribution is -2.03. The molecular formula is C18H15NO4S2. The van der Waals surface area contributed by atoms with Crippen LogP contribution in [0, 0.1) is 0 Å². The van der Waals surface area contributed by atoms with E-state index < -0.39 is 5.97 Å². The summed E-state index contributed by atoms with van der Waals surface area (Å²) in [5.74, 6) is 0.227. The third-order valence-corrected chi connectivity index (χ3v) is 5.48. The molecule has 0 fully saturated rings. The second kappa shape index (κ2) is 7.58. The van der Waals surface area contributed by atoms with Crippen molar-refractivity contribution in [2.75, 3.05) is 7.11 Å². The summed E-state index contributed by atoms with van der Waals surface area (Å²) in [5.41, 5.74) is 1.57. The molecular weight excluding hydrogens is 358 g/mol. The first kappa shape index (κ1) is 17.3. The van der Waals surface area contributed by atoms with Crippen LogP contribution in [0.3, 0.4) is 0 Å². The molecule has 0 spiro atoms. The number of hydrogen-bond acceptors (Lipinski definition) is 7. The maximum atomic E-state index is 12.1. The third-order valence-electron chi connectivity index (χ3n) is 3.39. The van der Waals surface area contributed by atoms with Gasteiger partial charge in [0.15, 0.2) is 5.78 Å². The molecule has 25 heavy (non-hydrogen) atoms. The molecule has 2 aromatic heterocycles. The minimum Gasteiger partial charge on any atom is -0.496 e. The van der Waals surface area contributed by atoms with Gasteiger partial charge >= 0.3 is 5.97 Å². The van der Waals surface area contributed by atoms with Gasteiger partial charge in [-0.25, -0.2) is 9.78 Å². The van der Waals surface area contributed by atoms with Crippen LogP contribution in [0.1, 0.15) is 32.0 Å². The van der Waals surface area contributed by atoms with Crippen LogP contribution in [-0.4, -0.2) is 23.8 Å². The molecule has 0 aliphatic carbocycles. The normalized spacial score (nSPS) is 10.5. The average molecular weight is 373 g/mol. The summed E-state index contributed by atoms with van der Waals surface area (Å²) in [7, 11) is 1.62. The Morgan fingerprint density at radius 2 is 1.88 bits per heavy atom. The Labute approximate surface area is 152 Å². The fourth-order valence-corrected chi connectivity index (χ4v) is 3.79. The van der Waals surface area contributed by atoms with E-state index in [0.29, 0.717) is 15.4 Å². The Kier molecular flexibility index (Phi) is 5.25. The Balaban J connectivity index is 1.67. The number of ketones is 1. The van der Waals surface area contributed by atoms with Crippen molar-refractivity contribution in [3.05, 3.63) is 57.2 Å². The number of thiophene rings is 1. The first-order valence-electron chi connectivity index (χ1n) is 7.44. The van der Waals surface area contributed by atoms with Gasteiger partial charge in [-0.15, -0.1) is 22.7 Å². The van der Waals surface area contributed by atoms with E-state index in [1.807, 2.05) is 29.6 Å². The lowest BCUT2D eigenvalue weighted by Gasteiger charge is -2.04. The predicted octanol–water partition coefficient (Wildman–Crippen LogP) is 4.44. The minimum atomic E-state index is -0.454. The third kappa shape index (κ3) is 3.94. The van der Waals surface area contributed by atoms with E-state index in [2.05, 4.69) is 4.98 Å². The first-order valence-corrected chi connectivity index (χ1v) is 9.14. The van der Waals surface area contributed by atoms with Gasteiger partial charge in [-0.2, -0.15) is 0 Å². The molecule has 0 saturated heterocycles. The smallest absolute Gasteiger partial charge is 0.348 e. The quantitative estimate of drug-likeness (QED) is 0.472. The van der Waals surface area contributed by atoms with E-state index in [9.17, 15) is 9.59 Å². The zero-order chi connectivity index (χ0) is 17.8. The van der Waals surface area contributed by atoms with Gasteiger partial charge in [0.1, 0.15) is 22.2 Å².